The number of thiocarbonyl (C=S) groups is 1. The standard InChI is InChI=1S/C18H19F3N2O2S/c1-3-25-16-9-12(7-8-15(16)24-2)11-22-17(26)23-14-6-4-5-13(10-14)18(19,20)21/h4-10H,3,11H2,1-2H3,(H2,22,23,26). The van der Waals surface area contributed by atoms with Crippen molar-refractivity contribution in [2.45, 2.75) is 19.6 Å². The van der Waals surface area contributed by atoms with Gasteiger partial charge in [-0.3, -0.25) is 0 Å². The molecular formula is C18H19F3N2O2S. The third-order valence-corrected chi connectivity index (χ3v) is 3.68. The second-order valence-electron chi connectivity index (χ2n) is 5.30. The van der Waals surface area contributed by atoms with Crippen LogP contribution in [0.1, 0.15) is 18.1 Å². The summed E-state index contributed by atoms with van der Waals surface area (Å²) in [7, 11) is 1.56. The predicted octanol–water partition coefficient (Wildman–Crippen LogP) is 4.60. The van der Waals surface area contributed by atoms with Gasteiger partial charge in [0.05, 0.1) is 19.3 Å². The topological polar surface area (TPSA) is 42.5 Å². The Hall–Kier alpha value is -2.48. The van der Waals surface area contributed by atoms with Gasteiger partial charge in [-0.05, 0) is 55.0 Å². The molecule has 0 bridgehead atoms. The maximum absolute atomic E-state index is 12.7. The molecule has 4 nitrogen and oxygen atoms in total. The lowest BCUT2D eigenvalue weighted by molar-refractivity contribution is -0.137. The van der Waals surface area contributed by atoms with Gasteiger partial charge >= 0.3 is 6.18 Å². The Labute approximate surface area is 155 Å². The largest absolute Gasteiger partial charge is 0.493 e. The highest BCUT2D eigenvalue weighted by molar-refractivity contribution is 7.80. The first-order valence-electron chi connectivity index (χ1n) is 7.85. The van der Waals surface area contributed by atoms with Crippen LogP contribution in [0.3, 0.4) is 0 Å². The van der Waals surface area contributed by atoms with Crippen LogP contribution in [0.4, 0.5) is 18.9 Å². The monoisotopic (exact) mass is 384 g/mol. The zero-order chi connectivity index (χ0) is 19.2. The molecule has 26 heavy (non-hydrogen) atoms. The number of hydrogen-bond acceptors (Lipinski definition) is 3. The molecule has 2 aromatic carbocycles. The molecular weight excluding hydrogens is 365 g/mol. The highest BCUT2D eigenvalue weighted by Crippen LogP contribution is 2.30. The van der Waals surface area contributed by atoms with E-state index >= 15 is 0 Å². The molecule has 0 saturated carbocycles. The maximum atomic E-state index is 12.7. The van der Waals surface area contributed by atoms with E-state index in [2.05, 4.69) is 10.6 Å². The minimum absolute atomic E-state index is 0.220. The van der Waals surface area contributed by atoms with E-state index in [0.717, 1.165) is 17.7 Å². The molecule has 140 valence electrons. The van der Waals surface area contributed by atoms with E-state index in [-0.39, 0.29) is 10.8 Å². The minimum Gasteiger partial charge on any atom is -0.493 e. The summed E-state index contributed by atoms with van der Waals surface area (Å²) in [6.07, 6.45) is -4.40. The van der Waals surface area contributed by atoms with Gasteiger partial charge < -0.3 is 20.1 Å². The number of ether oxygens (including phenoxy) is 2. The lowest BCUT2D eigenvalue weighted by Gasteiger charge is -2.14. The van der Waals surface area contributed by atoms with Gasteiger partial charge in [-0.25, -0.2) is 0 Å². The molecule has 0 aliphatic rings. The molecule has 0 spiro atoms. The predicted molar refractivity (Wildman–Crippen MR) is 98.7 cm³/mol. The Morgan fingerprint density at radius 2 is 1.88 bits per heavy atom. The first-order valence-corrected chi connectivity index (χ1v) is 8.26. The van der Waals surface area contributed by atoms with E-state index in [4.69, 9.17) is 21.7 Å². The van der Waals surface area contributed by atoms with Crippen molar-refractivity contribution in [1.82, 2.24) is 5.32 Å². The van der Waals surface area contributed by atoms with E-state index in [1.54, 1.807) is 13.2 Å². The van der Waals surface area contributed by atoms with E-state index in [1.807, 2.05) is 19.1 Å². The number of alkyl halides is 3. The average Bonchev–Trinajstić information content (AvgIpc) is 2.60. The first kappa shape index (κ1) is 19.8. The van der Waals surface area contributed by atoms with Crippen molar-refractivity contribution in [2.24, 2.45) is 0 Å². The summed E-state index contributed by atoms with van der Waals surface area (Å²) >= 11 is 5.15. The second-order valence-corrected chi connectivity index (χ2v) is 5.71. The van der Waals surface area contributed by atoms with E-state index in [9.17, 15) is 13.2 Å². The fraction of sp³-hybridized carbons (Fsp3) is 0.278. The van der Waals surface area contributed by atoms with Crippen LogP contribution in [0.2, 0.25) is 0 Å². The van der Waals surface area contributed by atoms with Crippen LogP contribution in [0.15, 0.2) is 42.5 Å². The molecule has 2 N–H and O–H groups in total. The van der Waals surface area contributed by atoms with E-state index < -0.39 is 11.7 Å². The van der Waals surface area contributed by atoms with Gasteiger partial charge in [0, 0.05) is 12.2 Å². The SMILES string of the molecule is CCOc1cc(CNC(=S)Nc2cccc(C(F)(F)F)c2)ccc1OC. The van der Waals surface area contributed by atoms with Crippen molar-refractivity contribution in [1.29, 1.82) is 0 Å². The molecule has 0 atom stereocenters. The summed E-state index contributed by atoms with van der Waals surface area (Å²) in [5, 5.41) is 5.93. The second kappa shape index (κ2) is 8.75. The lowest BCUT2D eigenvalue weighted by atomic mass is 10.2. The maximum Gasteiger partial charge on any atom is 0.416 e. The number of halogens is 3. The smallest absolute Gasteiger partial charge is 0.416 e. The van der Waals surface area contributed by atoms with Crippen LogP contribution < -0.4 is 20.1 Å². The summed E-state index contributed by atoms with van der Waals surface area (Å²) in [4.78, 5) is 0. The zero-order valence-electron chi connectivity index (χ0n) is 14.3. The third-order valence-electron chi connectivity index (χ3n) is 3.43. The number of benzene rings is 2. The van der Waals surface area contributed by atoms with Gasteiger partial charge in [0.25, 0.3) is 0 Å². The third kappa shape index (κ3) is 5.52. The summed E-state index contributed by atoms with van der Waals surface area (Å²) in [5.41, 5.74) is 0.423. The van der Waals surface area contributed by atoms with Crippen molar-refractivity contribution in [3.8, 4) is 11.5 Å². The van der Waals surface area contributed by atoms with Crippen LogP contribution >= 0.6 is 12.2 Å². The van der Waals surface area contributed by atoms with Gasteiger partial charge in [-0.2, -0.15) is 13.2 Å². The van der Waals surface area contributed by atoms with Crippen LogP contribution in [0.5, 0.6) is 11.5 Å². The van der Waals surface area contributed by atoms with Gasteiger partial charge in [-0.1, -0.05) is 12.1 Å². The molecule has 2 aromatic rings. The van der Waals surface area contributed by atoms with Gasteiger partial charge in [-0.15, -0.1) is 0 Å². The molecule has 0 fully saturated rings. The number of methoxy groups -OCH3 is 1. The zero-order valence-corrected chi connectivity index (χ0v) is 15.1. The van der Waals surface area contributed by atoms with Crippen molar-refractivity contribution in [3.63, 3.8) is 0 Å². The fourth-order valence-electron chi connectivity index (χ4n) is 2.23. The molecule has 0 aliphatic heterocycles. The van der Waals surface area contributed by atoms with Gasteiger partial charge in [0.2, 0.25) is 0 Å². The van der Waals surface area contributed by atoms with Crippen molar-refractivity contribution in [3.05, 3.63) is 53.6 Å². The van der Waals surface area contributed by atoms with Crippen LogP contribution in [0.25, 0.3) is 0 Å². The minimum atomic E-state index is -4.40. The molecule has 0 unspecified atom stereocenters. The summed E-state index contributed by atoms with van der Waals surface area (Å²) in [5.74, 6) is 1.24. The van der Waals surface area contributed by atoms with Gasteiger partial charge in [0.15, 0.2) is 16.6 Å². The Morgan fingerprint density at radius 3 is 2.54 bits per heavy atom. The van der Waals surface area contributed by atoms with Crippen LogP contribution in [-0.4, -0.2) is 18.8 Å². The summed E-state index contributed by atoms with van der Waals surface area (Å²) in [6.45, 7) is 2.76. The summed E-state index contributed by atoms with van der Waals surface area (Å²) < 4.78 is 48.9. The molecule has 0 saturated heterocycles. The van der Waals surface area contributed by atoms with Crippen LogP contribution in [0, 0.1) is 0 Å². The highest BCUT2D eigenvalue weighted by Gasteiger charge is 2.30. The Balaban J connectivity index is 1.98. The van der Waals surface area contributed by atoms with Crippen molar-refractivity contribution < 1.29 is 22.6 Å². The molecule has 0 radical (unpaired) electrons. The van der Waals surface area contributed by atoms with Crippen LogP contribution in [-0.2, 0) is 12.7 Å². The van der Waals surface area contributed by atoms with E-state index in [0.29, 0.717) is 24.7 Å². The molecule has 0 heterocycles. The molecule has 0 amide bonds. The number of anilines is 1. The number of hydrogen-bond donors (Lipinski definition) is 2. The van der Waals surface area contributed by atoms with Gasteiger partial charge in [0.1, 0.15) is 0 Å². The van der Waals surface area contributed by atoms with Crippen molar-refractivity contribution in [2.75, 3.05) is 19.0 Å². The normalized spacial score (nSPS) is 11.0. The molecule has 0 aromatic heterocycles. The Morgan fingerprint density at radius 1 is 1.12 bits per heavy atom. The number of nitrogens with one attached hydrogen (secondary N) is 2. The fourth-order valence-corrected chi connectivity index (χ4v) is 2.42. The molecule has 8 heteroatoms. The molecule has 2 rings (SSSR count). The number of rotatable bonds is 6. The quantitative estimate of drug-likeness (QED) is 0.713. The average molecular weight is 384 g/mol. The molecule has 0 aliphatic carbocycles. The first-order chi connectivity index (χ1) is 12.3. The van der Waals surface area contributed by atoms with Crippen molar-refractivity contribution >= 4 is 23.0 Å². The lowest BCUT2D eigenvalue weighted by Crippen LogP contribution is -2.28. The van der Waals surface area contributed by atoms with E-state index in [1.165, 1.54) is 12.1 Å². The Kier molecular flexibility index (Phi) is 6.68. The highest BCUT2D eigenvalue weighted by atomic mass is 32.1. The summed E-state index contributed by atoms with van der Waals surface area (Å²) in [6, 6.07) is 10.3. The Bertz CT molecular complexity index is 766.